The zero-order valence-corrected chi connectivity index (χ0v) is 13.6. The number of benzene rings is 2. The van der Waals surface area contributed by atoms with E-state index in [-0.39, 0.29) is 12.2 Å². The summed E-state index contributed by atoms with van der Waals surface area (Å²) >= 11 is 0. The Bertz CT molecular complexity index is 666. The molecule has 5 nitrogen and oxygen atoms in total. The molecule has 0 N–H and O–H groups in total. The van der Waals surface area contributed by atoms with Crippen LogP contribution < -0.4 is 4.74 Å². The quantitative estimate of drug-likeness (QED) is 0.381. The molecule has 5 heteroatoms. The summed E-state index contributed by atoms with van der Waals surface area (Å²) in [6, 6.07) is 15.2. The van der Waals surface area contributed by atoms with Gasteiger partial charge in [-0.15, -0.1) is 0 Å². The molecule has 0 aliphatic carbocycles. The molecule has 2 rings (SSSR count). The van der Waals surface area contributed by atoms with Crippen molar-refractivity contribution in [1.29, 1.82) is 0 Å². The summed E-state index contributed by atoms with van der Waals surface area (Å²) in [7, 11) is 1.60. The van der Waals surface area contributed by atoms with E-state index in [1.807, 2.05) is 0 Å². The first-order valence-corrected chi connectivity index (χ1v) is 7.66. The van der Waals surface area contributed by atoms with Crippen LogP contribution in [-0.4, -0.2) is 45.1 Å². The fourth-order valence-corrected chi connectivity index (χ4v) is 2.08. The first kappa shape index (κ1) is 17.8. The molecule has 0 radical (unpaired) electrons. The van der Waals surface area contributed by atoms with Gasteiger partial charge in [0.1, 0.15) is 12.4 Å². The third-order valence-electron chi connectivity index (χ3n) is 3.29. The number of hydrogen-bond acceptors (Lipinski definition) is 5. The second-order valence-electron chi connectivity index (χ2n) is 4.97. The predicted octanol–water partition coefficient (Wildman–Crippen LogP) is 2.79. The number of ether oxygens (including phenoxy) is 3. The van der Waals surface area contributed by atoms with Gasteiger partial charge >= 0.3 is 0 Å². The fraction of sp³-hybridized carbons (Fsp3) is 0.263. The number of carbonyl (C=O) groups excluding carboxylic acids is 2. The third-order valence-corrected chi connectivity index (χ3v) is 3.29. The van der Waals surface area contributed by atoms with Gasteiger partial charge in [-0.25, -0.2) is 0 Å². The summed E-state index contributed by atoms with van der Waals surface area (Å²) in [6.45, 7) is 1.65. The maximum Gasteiger partial charge on any atom is 0.237 e. The Morgan fingerprint density at radius 2 is 1.46 bits per heavy atom. The molecule has 0 aromatic heterocycles. The predicted molar refractivity (Wildman–Crippen MR) is 89.7 cm³/mol. The van der Waals surface area contributed by atoms with Gasteiger partial charge in [0.15, 0.2) is 0 Å². The molecule has 2 aromatic rings. The van der Waals surface area contributed by atoms with Crippen molar-refractivity contribution >= 4 is 11.6 Å². The number of methoxy groups -OCH3 is 1. The molecule has 0 amide bonds. The van der Waals surface area contributed by atoms with Crippen molar-refractivity contribution in [2.24, 2.45) is 0 Å². The lowest BCUT2D eigenvalue weighted by Crippen LogP contribution is -2.17. The van der Waals surface area contributed by atoms with Crippen molar-refractivity contribution in [2.75, 3.05) is 33.5 Å². The van der Waals surface area contributed by atoms with Gasteiger partial charge in [-0.2, -0.15) is 0 Å². The van der Waals surface area contributed by atoms with Crippen LogP contribution in [0.2, 0.25) is 0 Å². The molecular formula is C19H20O5. The van der Waals surface area contributed by atoms with E-state index in [9.17, 15) is 9.59 Å². The minimum absolute atomic E-state index is 0.253. The zero-order chi connectivity index (χ0) is 17.2. The van der Waals surface area contributed by atoms with Gasteiger partial charge in [-0.1, -0.05) is 42.5 Å². The molecule has 24 heavy (non-hydrogen) atoms. The Kier molecular flexibility index (Phi) is 7.14. The molecule has 0 aliphatic heterocycles. The molecule has 0 fully saturated rings. The number of rotatable bonds is 10. The molecule has 0 heterocycles. The maximum atomic E-state index is 12.5. The Hall–Kier alpha value is -2.50. The topological polar surface area (TPSA) is 61.8 Å². The lowest BCUT2D eigenvalue weighted by molar-refractivity contribution is 0.0541. The minimum Gasteiger partial charge on any atom is -0.490 e. The highest BCUT2D eigenvalue weighted by atomic mass is 16.5. The summed E-state index contributed by atoms with van der Waals surface area (Å²) in [5.41, 5.74) is 0.614. The number of para-hydroxylation sites is 1. The van der Waals surface area contributed by atoms with Crippen LogP contribution in [0.15, 0.2) is 54.6 Å². The monoisotopic (exact) mass is 328 g/mol. The molecule has 0 saturated heterocycles. The van der Waals surface area contributed by atoms with Crippen LogP contribution in [0.1, 0.15) is 20.7 Å². The van der Waals surface area contributed by atoms with E-state index in [0.29, 0.717) is 31.1 Å². The van der Waals surface area contributed by atoms with Gasteiger partial charge in [0.25, 0.3) is 0 Å². The lowest BCUT2D eigenvalue weighted by atomic mass is 10.0. The fourth-order valence-electron chi connectivity index (χ4n) is 2.08. The van der Waals surface area contributed by atoms with E-state index >= 15 is 0 Å². The van der Waals surface area contributed by atoms with E-state index < -0.39 is 11.6 Å². The van der Waals surface area contributed by atoms with E-state index in [4.69, 9.17) is 14.2 Å². The SMILES string of the molecule is COCCOCCOc1ccccc1C(=O)C(=O)c1ccccc1. The molecule has 0 aliphatic rings. The van der Waals surface area contributed by atoms with E-state index in [1.54, 1.807) is 61.7 Å². The normalized spacial score (nSPS) is 10.4. The van der Waals surface area contributed by atoms with Crippen LogP contribution >= 0.6 is 0 Å². The highest BCUT2D eigenvalue weighted by molar-refractivity contribution is 6.49. The number of hydrogen-bond donors (Lipinski definition) is 0. The summed E-state index contributed by atoms with van der Waals surface area (Å²) in [6.07, 6.45) is 0. The molecule has 126 valence electrons. The molecular weight excluding hydrogens is 308 g/mol. The summed E-state index contributed by atoms with van der Waals surface area (Å²) < 4.78 is 15.8. The van der Waals surface area contributed by atoms with Gasteiger partial charge < -0.3 is 14.2 Å². The van der Waals surface area contributed by atoms with Gasteiger partial charge in [-0.05, 0) is 12.1 Å². The van der Waals surface area contributed by atoms with Crippen molar-refractivity contribution in [3.63, 3.8) is 0 Å². The second kappa shape index (κ2) is 9.60. The smallest absolute Gasteiger partial charge is 0.237 e. The average Bonchev–Trinajstić information content (AvgIpc) is 2.64. The number of carbonyl (C=O) groups is 2. The Morgan fingerprint density at radius 1 is 0.792 bits per heavy atom. The van der Waals surface area contributed by atoms with Crippen LogP contribution in [0.3, 0.4) is 0 Å². The number of Topliss-reactive ketones (excluding diaryl/α,β-unsaturated/α-hetero) is 2. The van der Waals surface area contributed by atoms with Crippen molar-refractivity contribution in [1.82, 2.24) is 0 Å². The first-order chi connectivity index (χ1) is 11.7. The maximum absolute atomic E-state index is 12.5. The molecule has 0 atom stereocenters. The van der Waals surface area contributed by atoms with Crippen LogP contribution in [0.5, 0.6) is 5.75 Å². The standard InChI is InChI=1S/C19H20O5/c1-22-11-12-23-13-14-24-17-10-6-5-9-16(17)19(21)18(20)15-7-3-2-4-8-15/h2-10H,11-14H2,1H3. The van der Waals surface area contributed by atoms with E-state index in [0.717, 1.165) is 0 Å². The third kappa shape index (κ3) is 5.01. The van der Waals surface area contributed by atoms with E-state index in [1.165, 1.54) is 0 Å². The minimum atomic E-state index is -0.586. The molecule has 2 aromatic carbocycles. The molecule has 0 saturated carbocycles. The summed E-state index contributed by atoms with van der Waals surface area (Å²) in [4.78, 5) is 24.8. The van der Waals surface area contributed by atoms with Gasteiger partial charge in [0, 0.05) is 12.7 Å². The largest absolute Gasteiger partial charge is 0.490 e. The Balaban J connectivity index is 2.00. The first-order valence-electron chi connectivity index (χ1n) is 7.66. The van der Waals surface area contributed by atoms with Crippen LogP contribution in [0, 0.1) is 0 Å². The molecule has 0 spiro atoms. The van der Waals surface area contributed by atoms with Crippen LogP contribution in [0.25, 0.3) is 0 Å². The van der Waals surface area contributed by atoms with Crippen molar-refractivity contribution in [3.05, 3.63) is 65.7 Å². The van der Waals surface area contributed by atoms with Gasteiger partial charge in [-0.3, -0.25) is 9.59 Å². The van der Waals surface area contributed by atoms with Gasteiger partial charge in [0.05, 0.1) is 25.4 Å². The van der Waals surface area contributed by atoms with Crippen molar-refractivity contribution in [3.8, 4) is 5.75 Å². The summed E-state index contributed by atoms with van der Waals surface area (Å²) in [5, 5.41) is 0. The van der Waals surface area contributed by atoms with Crippen molar-refractivity contribution < 1.29 is 23.8 Å². The lowest BCUT2D eigenvalue weighted by Gasteiger charge is -2.10. The summed E-state index contributed by atoms with van der Waals surface area (Å²) in [5.74, 6) is -0.762. The van der Waals surface area contributed by atoms with Gasteiger partial charge in [0.2, 0.25) is 11.6 Å². The second-order valence-corrected chi connectivity index (χ2v) is 4.97. The highest BCUT2D eigenvalue weighted by Crippen LogP contribution is 2.20. The van der Waals surface area contributed by atoms with E-state index in [2.05, 4.69) is 0 Å². The zero-order valence-electron chi connectivity index (χ0n) is 13.6. The average molecular weight is 328 g/mol. The number of ketones is 2. The van der Waals surface area contributed by atoms with Crippen LogP contribution in [-0.2, 0) is 9.47 Å². The Labute approximate surface area is 141 Å². The highest BCUT2D eigenvalue weighted by Gasteiger charge is 2.21. The molecule has 0 unspecified atom stereocenters. The van der Waals surface area contributed by atoms with Crippen LogP contribution in [0.4, 0.5) is 0 Å². The molecule has 0 bridgehead atoms. The Morgan fingerprint density at radius 3 is 2.21 bits per heavy atom. The van der Waals surface area contributed by atoms with Crippen molar-refractivity contribution in [2.45, 2.75) is 0 Å².